The quantitative estimate of drug-likeness (QED) is 0.868. The van der Waals surface area contributed by atoms with E-state index in [1.54, 1.807) is 24.3 Å². The average molecular weight is 355 g/mol. The number of anilines is 1. The van der Waals surface area contributed by atoms with Crippen molar-refractivity contribution < 1.29 is 9.59 Å². The van der Waals surface area contributed by atoms with Gasteiger partial charge < -0.3 is 10.6 Å². The number of rotatable bonds is 4. The van der Waals surface area contributed by atoms with Gasteiger partial charge in [0.25, 0.3) is 5.91 Å². The Morgan fingerprint density at radius 1 is 1.00 bits per heavy atom. The lowest BCUT2D eigenvalue weighted by Gasteiger charge is -2.14. The van der Waals surface area contributed by atoms with Gasteiger partial charge in [0.2, 0.25) is 5.91 Å². The molecule has 0 heterocycles. The molecule has 128 valence electrons. The molecule has 0 spiro atoms. The van der Waals surface area contributed by atoms with Crippen molar-refractivity contribution in [1.29, 1.82) is 0 Å². The van der Waals surface area contributed by atoms with Gasteiger partial charge >= 0.3 is 0 Å². The van der Waals surface area contributed by atoms with Crippen molar-refractivity contribution in [2.24, 2.45) is 5.92 Å². The lowest BCUT2D eigenvalue weighted by atomic mass is 10.1. The van der Waals surface area contributed by atoms with Crippen LogP contribution in [-0.2, 0) is 11.2 Å². The highest BCUT2D eigenvalue weighted by Crippen LogP contribution is 2.33. The second-order valence-electron chi connectivity index (χ2n) is 6.75. The number of fused-ring (bicyclic) bond motifs is 1. The Kier molecular flexibility index (Phi) is 4.22. The van der Waals surface area contributed by atoms with E-state index in [-0.39, 0.29) is 23.8 Å². The summed E-state index contributed by atoms with van der Waals surface area (Å²) in [6.07, 6.45) is 3.75. The molecule has 2 N–H and O–H groups in total. The molecule has 1 unspecified atom stereocenters. The van der Waals surface area contributed by atoms with Gasteiger partial charge in [0, 0.05) is 22.2 Å². The van der Waals surface area contributed by atoms with Crippen LogP contribution >= 0.6 is 11.6 Å². The van der Waals surface area contributed by atoms with Gasteiger partial charge in [0.15, 0.2) is 0 Å². The van der Waals surface area contributed by atoms with Crippen molar-refractivity contribution >= 4 is 29.1 Å². The van der Waals surface area contributed by atoms with Crippen molar-refractivity contribution in [3.63, 3.8) is 0 Å². The van der Waals surface area contributed by atoms with E-state index < -0.39 is 0 Å². The van der Waals surface area contributed by atoms with Crippen LogP contribution in [0.15, 0.2) is 42.5 Å². The number of carbonyl (C=O) groups excluding carboxylic acids is 2. The second-order valence-corrected chi connectivity index (χ2v) is 7.19. The molecule has 1 atom stereocenters. The van der Waals surface area contributed by atoms with Crippen LogP contribution in [0.2, 0.25) is 5.02 Å². The number of aryl methyl sites for hydroxylation is 1. The summed E-state index contributed by atoms with van der Waals surface area (Å²) in [7, 11) is 0. The van der Waals surface area contributed by atoms with Crippen LogP contribution in [0, 0.1) is 5.92 Å². The number of hydrogen-bond donors (Lipinski definition) is 2. The highest BCUT2D eigenvalue weighted by molar-refractivity contribution is 6.30. The summed E-state index contributed by atoms with van der Waals surface area (Å²) in [6.45, 7) is 0. The van der Waals surface area contributed by atoms with E-state index in [0.717, 1.165) is 42.0 Å². The summed E-state index contributed by atoms with van der Waals surface area (Å²) in [6, 6.07) is 12.9. The van der Waals surface area contributed by atoms with Gasteiger partial charge in [-0.15, -0.1) is 0 Å². The van der Waals surface area contributed by atoms with Crippen LogP contribution in [0.4, 0.5) is 5.69 Å². The Morgan fingerprint density at radius 2 is 1.76 bits per heavy atom. The fourth-order valence-electron chi connectivity index (χ4n) is 3.27. The van der Waals surface area contributed by atoms with Crippen LogP contribution in [0.5, 0.6) is 0 Å². The van der Waals surface area contributed by atoms with Gasteiger partial charge in [-0.2, -0.15) is 0 Å². The summed E-state index contributed by atoms with van der Waals surface area (Å²) >= 11 is 6.03. The summed E-state index contributed by atoms with van der Waals surface area (Å²) in [5.74, 6) is 0.130. The molecule has 4 rings (SSSR count). The van der Waals surface area contributed by atoms with Gasteiger partial charge in [-0.25, -0.2) is 0 Å². The number of carbonyl (C=O) groups is 2. The zero-order valence-electron chi connectivity index (χ0n) is 13.7. The van der Waals surface area contributed by atoms with Crippen LogP contribution in [0.3, 0.4) is 0 Å². The maximum Gasteiger partial charge on any atom is 0.251 e. The number of benzene rings is 2. The largest absolute Gasteiger partial charge is 0.345 e. The van der Waals surface area contributed by atoms with Gasteiger partial charge in [-0.1, -0.05) is 17.7 Å². The Balaban J connectivity index is 1.41. The molecule has 1 fully saturated rings. The minimum atomic E-state index is -0.104. The predicted octanol–water partition coefficient (Wildman–Crippen LogP) is 4.11. The van der Waals surface area contributed by atoms with Crippen LogP contribution in [-0.4, -0.2) is 11.8 Å². The molecule has 0 aliphatic heterocycles. The molecule has 0 saturated heterocycles. The third-order valence-electron chi connectivity index (χ3n) is 4.85. The van der Waals surface area contributed by atoms with E-state index in [4.69, 9.17) is 11.6 Å². The fourth-order valence-corrected chi connectivity index (χ4v) is 3.47. The molecule has 2 aromatic carbocycles. The third kappa shape index (κ3) is 3.54. The molecule has 25 heavy (non-hydrogen) atoms. The van der Waals surface area contributed by atoms with Crippen LogP contribution in [0.25, 0.3) is 0 Å². The minimum absolute atomic E-state index is 0.0222. The maximum absolute atomic E-state index is 12.5. The molecule has 0 bridgehead atoms. The molecule has 2 aliphatic carbocycles. The first-order valence-electron chi connectivity index (χ1n) is 8.60. The summed E-state index contributed by atoms with van der Waals surface area (Å²) < 4.78 is 0. The SMILES string of the molecule is O=C(NC1CCc2cc(Cl)ccc21)c1ccc(NC(=O)C2CC2)cc1. The molecule has 2 aliphatic rings. The highest BCUT2D eigenvalue weighted by atomic mass is 35.5. The maximum atomic E-state index is 12.5. The fraction of sp³-hybridized carbons (Fsp3) is 0.300. The van der Waals surface area contributed by atoms with Crippen molar-refractivity contribution in [2.45, 2.75) is 31.7 Å². The number of amides is 2. The summed E-state index contributed by atoms with van der Waals surface area (Å²) in [5, 5.41) is 6.70. The average Bonchev–Trinajstić information content (AvgIpc) is 3.39. The first-order chi connectivity index (χ1) is 12.1. The summed E-state index contributed by atoms with van der Waals surface area (Å²) in [5.41, 5.74) is 3.67. The Hall–Kier alpha value is -2.33. The first kappa shape index (κ1) is 16.2. The van der Waals surface area contributed by atoms with Crippen molar-refractivity contribution in [3.05, 3.63) is 64.2 Å². The minimum Gasteiger partial charge on any atom is -0.345 e. The van der Waals surface area contributed by atoms with E-state index >= 15 is 0 Å². The smallest absolute Gasteiger partial charge is 0.251 e. The number of nitrogens with one attached hydrogen (secondary N) is 2. The molecule has 4 nitrogen and oxygen atoms in total. The summed E-state index contributed by atoms with van der Waals surface area (Å²) in [4.78, 5) is 24.3. The highest BCUT2D eigenvalue weighted by Gasteiger charge is 2.29. The predicted molar refractivity (Wildman–Crippen MR) is 97.8 cm³/mol. The molecular formula is C20H19ClN2O2. The number of halogens is 1. The van der Waals surface area contributed by atoms with Gasteiger partial charge in [-0.05, 0) is 73.2 Å². The standard InChI is InChI=1S/C20H19ClN2O2/c21-15-6-9-17-14(11-15)5-10-18(17)23-20(25)13-3-7-16(8-4-13)22-19(24)12-1-2-12/h3-4,6-9,11-12,18H,1-2,5,10H2,(H,22,24)(H,23,25). The Bertz CT molecular complexity index is 828. The Labute approximate surface area is 151 Å². The molecule has 2 amide bonds. The van der Waals surface area contributed by atoms with Gasteiger partial charge in [0.1, 0.15) is 0 Å². The van der Waals surface area contributed by atoms with E-state index in [1.807, 2.05) is 18.2 Å². The second kappa shape index (κ2) is 6.52. The molecule has 0 radical (unpaired) electrons. The zero-order valence-corrected chi connectivity index (χ0v) is 14.5. The molecular weight excluding hydrogens is 336 g/mol. The van der Waals surface area contributed by atoms with Crippen molar-refractivity contribution in [3.8, 4) is 0 Å². The van der Waals surface area contributed by atoms with Gasteiger partial charge in [-0.3, -0.25) is 9.59 Å². The molecule has 0 aromatic heterocycles. The molecule has 2 aromatic rings. The molecule has 1 saturated carbocycles. The lowest BCUT2D eigenvalue weighted by Crippen LogP contribution is -2.27. The molecule has 5 heteroatoms. The van der Waals surface area contributed by atoms with E-state index in [9.17, 15) is 9.59 Å². The monoisotopic (exact) mass is 354 g/mol. The van der Waals surface area contributed by atoms with E-state index in [0.29, 0.717) is 5.56 Å². The lowest BCUT2D eigenvalue weighted by molar-refractivity contribution is -0.117. The van der Waals surface area contributed by atoms with Gasteiger partial charge in [0.05, 0.1) is 6.04 Å². The number of hydrogen-bond acceptors (Lipinski definition) is 2. The van der Waals surface area contributed by atoms with E-state index in [1.165, 1.54) is 5.56 Å². The van der Waals surface area contributed by atoms with Crippen molar-refractivity contribution in [1.82, 2.24) is 5.32 Å². The van der Waals surface area contributed by atoms with Crippen LogP contribution in [0.1, 0.15) is 46.8 Å². The topological polar surface area (TPSA) is 58.2 Å². The normalized spacial score (nSPS) is 18.5. The Morgan fingerprint density at radius 3 is 2.48 bits per heavy atom. The third-order valence-corrected chi connectivity index (χ3v) is 5.09. The first-order valence-corrected chi connectivity index (χ1v) is 8.98. The van der Waals surface area contributed by atoms with E-state index in [2.05, 4.69) is 10.6 Å². The van der Waals surface area contributed by atoms with Crippen LogP contribution < -0.4 is 10.6 Å². The van der Waals surface area contributed by atoms with Crippen molar-refractivity contribution in [2.75, 3.05) is 5.32 Å². The zero-order chi connectivity index (χ0) is 17.4.